The van der Waals surface area contributed by atoms with Crippen molar-refractivity contribution in [3.63, 3.8) is 0 Å². The molecule has 2 aromatic heterocycles. The van der Waals surface area contributed by atoms with Crippen molar-refractivity contribution in [3.8, 4) is 11.8 Å². The number of nitrogens with zero attached hydrogens (tertiary/aromatic N) is 3. The molecule has 9 nitrogen and oxygen atoms in total. The number of hydrogen-bond acceptors (Lipinski definition) is 9. The van der Waals surface area contributed by atoms with E-state index in [1.54, 1.807) is 0 Å². The first-order chi connectivity index (χ1) is 16.0. The predicted molar refractivity (Wildman–Crippen MR) is 119 cm³/mol. The number of esters is 1. The molecule has 176 valence electrons. The Morgan fingerprint density at radius 2 is 2.06 bits per heavy atom. The Kier molecular flexibility index (Phi) is 7.64. The van der Waals surface area contributed by atoms with Gasteiger partial charge in [0.05, 0.1) is 12.2 Å². The number of carboxylic acid groups (broad SMARTS) is 1. The lowest BCUT2D eigenvalue weighted by atomic mass is 10.0. The van der Waals surface area contributed by atoms with Crippen molar-refractivity contribution < 1.29 is 28.9 Å². The van der Waals surface area contributed by atoms with Gasteiger partial charge in [0, 0.05) is 36.9 Å². The van der Waals surface area contributed by atoms with Crippen LogP contribution in [0.15, 0.2) is 17.4 Å². The number of aliphatic carboxylic acids is 1. The molecule has 0 radical (unpaired) electrons. The van der Waals surface area contributed by atoms with Gasteiger partial charge in [-0.15, -0.1) is 0 Å². The van der Waals surface area contributed by atoms with E-state index in [0.29, 0.717) is 54.5 Å². The summed E-state index contributed by atoms with van der Waals surface area (Å²) < 4.78 is 16.4. The summed E-state index contributed by atoms with van der Waals surface area (Å²) in [5.41, 5.74) is 4.39. The Morgan fingerprint density at radius 3 is 2.85 bits per heavy atom. The fourth-order valence-electron chi connectivity index (χ4n) is 3.68. The van der Waals surface area contributed by atoms with E-state index in [9.17, 15) is 9.59 Å². The molecule has 0 spiro atoms. The first-order valence-electron chi connectivity index (χ1n) is 11.1. The maximum atomic E-state index is 11.8. The summed E-state index contributed by atoms with van der Waals surface area (Å²) in [7, 11) is 0. The lowest BCUT2D eigenvalue weighted by Gasteiger charge is -2.12. The van der Waals surface area contributed by atoms with Crippen LogP contribution in [0, 0.1) is 6.92 Å². The molecule has 1 N–H and O–H groups in total. The number of aromatic nitrogens is 3. The van der Waals surface area contributed by atoms with Crippen LogP contribution in [-0.2, 0) is 26.5 Å². The number of hydrogen-bond donors (Lipinski definition) is 1. The number of carbonyl (C=O) groups excluding carboxylic acids is 1. The summed E-state index contributed by atoms with van der Waals surface area (Å²) in [4.78, 5) is 35.9. The summed E-state index contributed by atoms with van der Waals surface area (Å²) in [6.07, 6.45) is 6.03. The van der Waals surface area contributed by atoms with E-state index in [4.69, 9.17) is 19.3 Å². The molecule has 0 amide bonds. The van der Waals surface area contributed by atoms with Gasteiger partial charge < -0.3 is 19.3 Å². The quantitative estimate of drug-likeness (QED) is 0.160. The van der Waals surface area contributed by atoms with Crippen molar-refractivity contribution in [1.82, 2.24) is 15.0 Å². The van der Waals surface area contributed by atoms with Gasteiger partial charge in [-0.25, -0.2) is 0 Å². The van der Waals surface area contributed by atoms with E-state index in [-0.39, 0.29) is 19.6 Å². The topological polar surface area (TPSA) is 121 Å². The van der Waals surface area contributed by atoms with Crippen LogP contribution in [-0.4, -0.2) is 45.4 Å². The standard InChI is InChI=1S/C23H27N3O6S/c1-14-18(16(8-10-24-14)15-6-7-15)12-33-23-25-21-17(9-11-30-21)22(26-23)32-13-31-20(29)5-3-2-4-19(27)28/h8,10,15H,2-7,9,11-13H2,1H3,(H,27,28). The summed E-state index contributed by atoms with van der Waals surface area (Å²) >= 11 is 1.50. The van der Waals surface area contributed by atoms with Crippen molar-refractivity contribution in [2.75, 3.05) is 13.4 Å². The van der Waals surface area contributed by atoms with Gasteiger partial charge in [0.1, 0.15) is 0 Å². The normalized spacial score (nSPS) is 14.5. The summed E-state index contributed by atoms with van der Waals surface area (Å²) in [5, 5.41) is 9.18. The van der Waals surface area contributed by atoms with Gasteiger partial charge in [-0.3, -0.25) is 14.6 Å². The van der Waals surface area contributed by atoms with Crippen molar-refractivity contribution in [1.29, 1.82) is 0 Å². The third-order valence-corrected chi connectivity index (χ3v) is 6.48. The number of unbranched alkanes of at least 4 members (excludes halogenated alkanes) is 1. The lowest BCUT2D eigenvalue weighted by Crippen LogP contribution is -2.12. The molecule has 1 fully saturated rings. The number of ether oxygens (including phenoxy) is 3. The molecule has 2 aromatic rings. The Bertz CT molecular complexity index is 1030. The molecule has 0 atom stereocenters. The third-order valence-electron chi connectivity index (χ3n) is 5.61. The highest BCUT2D eigenvalue weighted by Gasteiger charge is 2.27. The number of carbonyl (C=O) groups is 2. The molecule has 2 aliphatic rings. The number of pyridine rings is 1. The van der Waals surface area contributed by atoms with Gasteiger partial charge in [-0.1, -0.05) is 11.8 Å². The Morgan fingerprint density at radius 1 is 1.24 bits per heavy atom. The van der Waals surface area contributed by atoms with E-state index in [0.717, 1.165) is 11.3 Å². The van der Waals surface area contributed by atoms with Crippen LogP contribution >= 0.6 is 11.8 Å². The molecule has 4 rings (SSSR count). The van der Waals surface area contributed by atoms with Gasteiger partial charge in [0.2, 0.25) is 18.6 Å². The maximum Gasteiger partial charge on any atom is 0.308 e. The Balaban J connectivity index is 1.35. The van der Waals surface area contributed by atoms with Crippen LogP contribution in [0.25, 0.3) is 0 Å². The Hall–Kier alpha value is -2.88. The van der Waals surface area contributed by atoms with Crippen LogP contribution < -0.4 is 9.47 Å². The first kappa shape index (κ1) is 23.3. The minimum atomic E-state index is -0.873. The minimum Gasteiger partial charge on any atom is -0.481 e. The van der Waals surface area contributed by atoms with Crippen LogP contribution in [0.5, 0.6) is 11.8 Å². The fraction of sp³-hybridized carbons (Fsp3) is 0.522. The minimum absolute atomic E-state index is 0.0397. The molecular weight excluding hydrogens is 446 g/mol. The van der Waals surface area contributed by atoms with Gasteiger partial charge in [0.25, 0.3) is 0 Å². The van der Waals surface area contributed by atoms with Crippen LogP contribution in [0.3, 0.4) is 0 Å². The summed E-state index contributed by atoms with van der Waals surface area (Å²) in [6.45, 7) is 2.27. The molecule has 0 unspecified atom stereocenters. The zero-order chi connectivity index (χ0) is 23.2. The van der Waals surface area contributed by atoms with Crippen molar-refractivity contribution in [2.24, 2.45) is 0 Å². The highest BCUT2D eigenvalue weighted by molar-refractivity contribution is 7.98. The Labute approximate surface area is 196 Å². The molecule has 33 heavy (non-hydrogen) atoms. The summed E-state index contributed by atoms with van der Waals surface area (Å²) in [6, 6.07) is 2.11. The van der Waals surface area contributed by atoms with E-state index >= 15 is 0 Å². The maximum absolute atomic E-state index is 11.8. The number of carboxylic acids is 1. The number of aryl methyl sites for hydroxylation is 1. The fourth-order valence-corrected chi connectivity index (χ4v) is 4.62. The molecule has 1 aliphatic carbocycles. The second kappa shape index (κ2) is 10.8. The molecule has 3 heterocycles. The molecular formula is C23H27N3O6S. The van der Waals surface area contributed by atoms with Gasteiger partial charge >= 0.3 is 11.9 Å². The first-order valence-corrected chi connectivity index (χ1v) is 12.1. The van der Waals surface area contributed by atoms with E-state index in [2.05, 4.69) is 21.0 Å². The van der Waals surface area contributed by atoms with Crippen molar-refractivity contribution in [2.45, 2.75) is 68.7 Å². The average molecular weight is 474 g/mol. The van der Waals surface area contributed by atoms with Gasteiger partial charge in [0.15, 0.2) is 5.16 Å². The van der Waals surface area contributed by atoms with Gasteiger partial charge in [-0.05, 0) is 55.7 Å². The number of fused-ring (bicyclic) bond motifs is 1. The third kappa shape index (κ3) is 6.34. The largest absolute Gasteiger partial charge is 0.481 e. The van der Waals surface area contributed by atoms with Crippen molar-refractivity contribution in [3.05, 3.63) is 34.6 Å². The van der Waals surface area contributed by atoms with Crippen LogP contribution in [0.1, 0.15) is 66.8 Å². The molecule has 0 bridgehead atoms. The van der Waals surface area contributed by atoms with E-state index in [1.807, 2.05) is 13.1 Å². The predicted octanol–water partition coefficient (Wildman–Crippen LogP) is 3.81. The average Bonchev–Trinajstić information content (AvgIpc) is 3.52. The highest BCUT2D eigenvalue weighted by atomic mass is 32.2. The second-order valence-corrected chi connectivity index (χ2v) is 9.04. The second-order valence-electron chi connectivity index (χ2n) is 8.10. The van der Waals surface area contributed by atoms with Crippen molar-refractivity contribution >= 4 is 23.7 Å². The van der Waals surface area contributed by atoms with E-state index in [1.165, 1.54) is 35.7 Å². The zero-order valence-corrected chi connectivity index (χ0v) is 19.4. The molecule has 10 heteroatoms. The number of rotatable bonds is 12. The van der Waals surface area contributed by atoms with Gasteiger partial charge in [-0.2, -0.15) is 9.97 Å². The monoisotopic (exact) mass is 473 g/mol. The van der Waals surface area contributed by atoms with E-state index < -0.39 is 11.9 Å². The SMILES string of the molecule is Cc1nccc(C2CC2)c1CSc1nc2c(c(OCOC(=O)CCCCC(=O)O)n1)CCO2. The highest BCUT2D eigenvalue weighted by Crippen LogP contribution is 2.43. The smallest absolute Gasteiger partial charge is 0.308 e. The molecule has 1 saturated carbocycles. The zero-order valence-electron chi connectivity index (χ0n) is 18.5. The molecule has 1 aliphatic heterocycles. The van der Waals surface area contributed by atoms with Crippen LogP contribution in [0.4, 0.5) is 0 Å². The molecule has 0 aromatic carbocycles. The lowest BCUT2D eigenvalue weighted by molar-refractivity contribution is -0.150. The number of thioether (sulfide) groups is 1. The van der Waals surface area contributed by atoms with Crippen LogP contribution in [0.2, 0.25) is 0 Å². The molecule has 0 saturated heterocycles. The summed E-state index contributed by atoms with van der Waals surface area (Å²) in [5.74, 6) is 0.898.